The van der Waals surface area contributed by atoms with E-state index in [0.717, 1.165) is 5.56 Å². The predicted molar refractivity (Wildman–Crippen MR) is 69.4 cm³/mol. The quantitative estimate of drug-likeness (QED) is 0.509. The fraction of sp³-hybridized carbons (Fsp3) is 0.154. The smallest absolute Gasteiger partial charge is 0.354 e. The number of hydrogen-bond donors (Lipinski definition) is 1. The van der Waals surface area contributed by atoms with E-state index in [1.165, 1.54) is 6.08 Å². The summed E-state index contributed by atoms with van der Waals surface area (Å²) in [6, 6.07) is 7.32. The van der Waals surface area contributed by atoms with Crippen molar-refractivity contribution < 1.29 is 9.53 Å². The molecule has 0 saturated carbocycles. The van der Waals surface area contributed by atoms with Crippen molar-refractivity contribution in [3.63, 3.8) is 0 Å². The van der Waals surface area contributed by atoms with E-state index in [0.29, 0.717) is 11.6 Å². The summed E-state index contributed by atoms with van der Waals surface area (Å²) in [4.78, 5) is 11.2. The zero-order valence-electron chi connectivity index (χ0n) is 9.52. The molecule has 0 heterocycles. The molecule has 1 rings (SSSR count). The SMILES string of the molecule is CCOC(=O)C(N)=CC=Cc1ccc(Cl)cc1. The van der Waals surface area contributed by atoms with E-state index in [1.807, 2.05) is 18.2 Å². The van der Waals surface area contributed by atoms with Gasteiger partial charge >= 0.3 is 5.97 Å². The summed E-state index contributed by atoms with van der Waals surface area (Å²) < 4.78 is 4.74. The van der Waals surface area contributed by atoms with Gasteiger partial charge in [0.25, 0.3) is 0 Å². The first-order valence-electron chi connectivity index (χ1n) is 5.20. The van der Waals surface area contributed by atoms with E-state index in [4.69, 9.17) is 22.1 Å². The second-order valence-corrected chi connectivity index (χ2v) is 3.69. The van der Waals surface area contributed by atoms with Crippen molar-refractivity contribution in [2.24, 2.45) is 5.73 Å². The van der Waals surface area contributed by atoms with E-state index < -0.39 is 5.97 Å². The minimum Gasteiger partial charge on any atom is -0.461 e. The third kappa shape index (κ3) is 4.74. The molecule has 17 heavy (non-hydrogen) atoms. The summed E-state index contributed by atoms with van der Waals surface area (Å²) in [5.41, 5.74) is 6.56. The molecule has 90 valence electrons. The van der Waals surface area contributed by atoms with Gasteiger partial charge in [-0.25, -0.2) is 4.79 Å². The van der Waals surface area contributed by atoms with Gasteiger partial charge in [0.1, 0.15) is 5.70 Å². The largest absolute Gasteiger partial charge is 0.461 e. The molecule has 3 nitrogen and oxygen atoms in total. The number of halogens is 1. The Labute approximate surface area is 106 Å². The lowest BCUT2D eigenvalue weighted by atomic mass is 10.2. The molecular weight excluding hydrogens is 238 g/mol. The number of ether oxygens (including phenoxy) is 1. The Morgan fingerprint density at radius 2 is 2.06 bits per heavy atom. The van der Waals surface area contributed by atoms with Crippen LogP contribution in [0.4, 0.5) is 0 Å². The first-order chi connectivity index (χ1) is 8.13. The lowest BCUT2D eigenvalue weighted by molar-refractivity contribution is -0.138. The van der Waals surface area contributed by atoms with Gasteiger partial charge < -0.3 is 10.5 Å². The van der Waals surface area contributed by atoms with Crippen molar-refractivity contribution in [3.05, 3.63) is 52.7 Å². The Morgan fingerprint density at radius 1 is 1.41 bits per heavy atom. The zero-order chi connectivity index (χ0) is 12.7. The van der Waals surface area contributed by atoms with Crippen LogP contribution in [0.5, 0.6) is 0 Å². The number of nitrogens with two attached hydrogens (primary N) is 1. The fourth-order valence-electron chi connectivity index (χ4n) is 1.12. The van der Waals surface area contributed by atoms with E-state index >= 15 is 0 Å². The molecule has 0 radical (unpaired) electrons. The lowest BCUT2D eigenvalue weighted by Crippen LogP contribution is -2.14. The molecule has 0 saturated heterocycles. The molecule has 4 heteroatoms. The maximum atomic E-state index is 11.2. The van der Waals surface area contributed by atoms with Gasteiger partial charge in [0, 0.05) is 5.02 Å². The van der Waals surface area contributed by atoms with Crippen LogP contribution in [-0.2, 0) is 9.53 Å². The van der Waals surface area contributed by atoms with Crippen LogP contribution in [0, 0.1) is 0 Å². The van der Waals surface area contributed by atoms with Crippen LogP contribution in [0.1, 0.15) is 12.5 Å². The molecule has 1 aromatic carbocycles. The normalized spacial score (nSPS) is 11.8. The van der Waals surface area contributed by atoms with Gasteiger partial charge in [0.05, 0.1) is 6.61 Å². The number of benzene rings is 1. The summed E-state index contributed by atoms with van der Waals surface area (Å²) >= 11 is 5.76. The van der Waals surface area contributed by atoms with Crippen molar-refractivity contribution in [1.82, 2.24) is 0 Å². The molecule has 0 spiro atoms. The number of esters is 1. The molecule has 0 fully saturated rings. The van der Waals surface area contributed by atoms with Crippen molar-refractivity contribution in [1.29, 1.82) is 0 Å². The minimum atomic E-state index is -0.506. The number of allylic oxidation sites excluding steroid dienone is 2. The second-order valence-electron chi connectivity index (χ2n) is 3.25. The Bertz CT molecular complexity index is 435. The van der Waals surface area contributed by atoms with Gasteiger partial charge in [-0.2, -0.15) is 0 Å². The van der Waals surface area contributed by atoms with Crippen LogP contribution in [0.15, 0.2) is 42.1 Å². The van der Waals surface area contributed by atoms with Crippen LogP contribution in [0.2, 0.25) is 5.02 Å². The highest BCUT2D eigenvalue weighted by molar-refractivity contribution is 6.30. The van der Waals surface area contributed by atoms with Crippen LogP contribution in [0.3, 0.4) is 0 Å². The average Bonchev–Trinajstić information content (AvgIpc) is 2.32. The molecule has 0 aliphatic carbocycles. The third-order valence-electron chi connectivity index (χ3n) is 1.95. The van der Waals surface area contributed by atoms with Crippen molar-refractivity contribution >= 4 is 23.6 Å². The molecular formula is C13H14ClNO2. The highest BCUT2D eigenvalue weighted by atomic mass is 35.5. The van der Waals surface area contributed by atoms with E-state index in [-0.39, 0.29) is 5.70 Å². The molecule has 0 amide bonds. The Kier molecular flexibility index (Phi) is 5.30. The lowest BCUT2D eigenvalue weighted by Gasteiger charge is -1.99. The van der Waals surface area contributed by atoms with Crippen LogP contribution >= 0.6 is 11.6 Å². The summed E-state index contributed by atoms with van der Waals surface area (Å²) in [5.74, 6) is -0.506. The highest BCUT2D eigenvalue weighted by Crippen LogP contribution is 2.10. The summed E-state index contributed by atoms with van der Waals surface area (Å²) in [6.45, 7) is 2.04. The maximum Gasteiger partial charge on any atom is 0.354 e. The molecule has 2 N–H and O–H groups in total. The topological polar surface area (TPSA) is 52.3 Å². The number of carbonyl (C=O) groups excluding carboxylic acids is 1. The minimum absolute atomic E-state index is 0.0806. The van der Waals surface area contributed by atoms with Crippen LogP contribution < -0.4 is 5.73 Å². The Morgan fingerprint density at radius 3 is 2.65 bits per heavy atom. The van der Waals surface area contributed by atoms with E-state index in [1.54, 1.807) is 25.1 Å². The molecule has 0 aromatic heterocycles. The average molecular weight is 252 g/mol. The van der Waals surface area contributed by atoms with E-state index in [9.17, 15) is 4.79 Å². The molecule has 0 bridgehead atoms. The Balaban J connectivity index is 2.63. The number of carbonyl (C=O) groups is 1. The van der Waals surface area contributed by atoms with Crippen LogP contribution in [-0.4, -0.2) is 12.6 Å². The molecule has 0 aliphatic rings. The van der Waals surface area contributed by atoms with Gasteiger partial charge in [-0.1, -0.05) is 35.9 Å². The highest BCUT2D eigenvalue weighted by Gasteiger charge is 2.02. The summed E-state index contributed by atoms with van der Waals surface area (Å²) in [7, 11) is 0. The van der Waals surface area contributed by atoms with Gasteiger partial charge in [-0.3, -0.25) is 0 Å². The van der Waals surface area contributed by atoms with Gasteiger partial charge in [-0.15, -0.1) is 0 Å². The summed E-state index contributed by atoms with van der Waals surface area (Å²) in [6.07, 6.45) is 5.02. The third-order valence-corrected chi connectivity index (χ3v) is 2.20. The summed E-state index contributed by atoms with van der Waals surface area (Å²) in [5, 5.41) is 0.684. The molecule has 0 aliphatic heterocycles. The molecule has 0 unspecified atom stereocenters. The number of rotatable bonds is 4. The van der Waals surface area contributed by atoms with Gasteiger partial charge in [0.15, 0.2) is 0 Å². The van der Waals surface area contributed by atoms with E-state index in [2.05, 4.69) is 0 Å². The first kappa shape index (κ1) is 13.3. The molecule has 1 aromatic rings. The fourth-order valence-corrected chi connectivity index (χ4v) is 1.25. The first-order valence-corrected chi connectivity index (χ1v) is 5.58. The maximum absolute atomic E-state index is 11.2. The predicted octanol–water partition coefficient (Wildman–Crippen LogP) is 2.76. The van der Waals surface area contributed by atoms with Gasteiger partial charge in [-0.05, 0) is 30.7 Å². The second kappa shape index (κ2) is 6.76. The van der Waals surface area contributed by atoms with Crippen molar-refractivity contribution in [3.8, 4) is 0 Å². The monoisotopic (exact) mass is 251 g/mol. The zero-order valence-corrected chi connectivity index (χ0v) is 10.3. The van der Waals surface area contributed by atoms with Gasteiger partial charge in [0.2, 0.25) is 0 Å². The van der Waals surface area contributed by atoms with Crippen LogP contribution in [0.25, 0.3) is 6.08 Å². The molecule has 0 atom stereocenters. The van der Waals surface area contributed by atoms with Crippen molar-refractivity contribution in [2.45, 2.75) is 6.92 Å². The Hall–Kier alpha value is -1.74. The standard InChI is InChI=1S/C13H14ClNO2/c1-2-17-13(16)12(15)5-3-4-10-6-8-11(14)9-7-10/h3-9H,2,15H2,1H3. The van der Waals surface area contributed by atoms with Crippen molar-refractivity contribution in [2.75, 3.05) is 6.61 Å². The number of hydrogen-bond acceptors (Lipinski definition) is 3.